The highest BCUT2D eigenvalue weighted by Crippen LogP contribution is 2.80. The molecule has 2 spiro atoms. The van der Waals surface area contributed by atoms with Gasteiger partial charge in [0.05, 0.1) is 16.9 Å². The lowest BCUT2D eigenvalue weighted by molar-refractivity contribution is 0.243. The lowest BCUT2D eigenvalue weighted by Crippen LogP contribution is -2.41. The summed E-state index contributed by atoms with van der Waals surface area (Å²) in [6.45, 7) is 0. The van der Waals surface area contributed by atoms with Gasteiger partial charge in [0, 0.05) is 11.8 Å². The fraction of sp³-hybridized carbons (Fsp3) is 0.172. The molecule has 1 saturated carbocycles. The van der Waals surface area contributed by atoms with Gasteiger partial charge in [-0.2, -0.15) is 0 Å². The first-order chi connectivity index (χ1) is 14.8. The third kappa shape index (κ3) is 1.31. The SMILES string of the molecule is OC1C23c4ccccc4C(c4ccccc42)C2c4ccccc4C13c1ccccc12. The first kappa shape index (κ1) is 15.6. The molecule has 1 fully saturated rings. The molecule has 0 amide bonds. The number of rotatable bonds is 0. The summed E-state index contributed by atoms with van der Waals surface area (Å²) < 4.78 is 0. The summed E-state index contributed by atoms with van der Waals surface area (Å²) in [5, 5.41) is 12.1. The average Bonchev–Trinajstić information content (AvgIpc) is 3.32. The number of aliphatic hydroxyl groups is 1. The summed E-state index contributed by atoms with van der Waals surface area (Å²) in [7, 11) is 0. The van der Waals surface area contributed by atoms with E-state index in [4.69, 9.17) is 0 Å². The first-order valence-electron chi connectivity index (χ1n) is 10.9. The Morgan fingerprint density at radius 1 is 0.433 bits per heavy atom. The molecule has 4 bridgehead atoms. The van der Waals surface area contributed by atoms with E-state index < -0.39 is 16.9 Å². The van der Waals surface area contributed by atoms with E-state index in [1.54, 1.807) is 0 Å². The van der Waals surface area contributed by atoms with Crippen LogP contribution in [0.5, 0.6) is 0 Å². The molecule has 0 aromatic heterocycles. The van der Waals surface area contributed by atoms with Crippen molar-refractivity contribution in [2.45, 2.75) is 28.8 Å². The van der Waals surface area contributed by atoms with Crippen LogP contribution in [0.1, 0.15) is 56.3 Å². The van der Waals surface area contributed by atoms with Crippen molar-refractivity contribution in [2.75, 3.05) is 0 Å². The van der Waals surface area contributed by atoms with E-state index in [1.807, 2.05) is 0 Å². The van der Waals surface area contributed by atoms with Gasteiger partial charge in [-0.05, 0) is 44.5 Å². The quantitative estimate of drug-likeness (QED) is 0.440. The maximum absolute atomic E-state index is 12.1. The molecule has 0 atom stereocenters. The van der Waals surface area contributed by atoms with Gasteiger partial charge in [0.2, 0.25) is 0 Å². The minimum atomic E-state index is -0.477. The normalized spacial score (nSPS) is 32.8. The van der Waals surface area contributed by atoms with Crippen LogP contribution in [-0.2, 0) is 10.8 Å². The molecular weight excluding hydrogens is 364 g/mol. The molecule has 11 rings (SSSR count). The Morgan fingerprint density at radius 3 is 1.00 bits per heavy atom. The third-order valence-corrected chi connectivity index (χ3v) is 8.58. The highest BCUT2D eigenvalue weighted by molar-refractivity contribution is 5.81. The minimum absolute atomic E-state index is 0.261. The first-order valence-corrected chi connectivity index (χ1v) is 10.9. The maximum atomic E-state index is 12.1. The van der Waals surface area contributed by atoms with Crippen LogP contribution in [0.3, 0.4) is 0 Å². The molecule has 0 unspecified atom stereocenters. The predicted molar refractivity (Wildman–Crippen MR) is 117 cm³/mol. The van der Waals surface area contributed by atoms with Gasteiger partial charge in [-0.1, -0.05) is 97.1 Å². The van der Waals surface area contributed by atoms with Gasteiger partial charge >= 0.3 is 0 Å². The zero-order valence-electron chi connectivity index (χ0n) is 16.4. The summed E-state index contributed by atoms with van der Waals surface area (Å²) in [5.41, 5.74) is 10.0. The number of hydrogen-bond acceptors (Lipinski definition) is 1. The van der Waals surface area contributed by atoms with Gasteiger partial charge in [0.25, 0.3) is 0 Å². The molecule has 0 heterocycles. The van der Waals surface area contributed by atoms with Crippen molar-refractivity contribution in [3.8, 4) is 0 Å². The zero-order valence-corrected chi connectivity index (χ0v) is 16.4. The predicted octanol–water partition coefficient (Wildman–Crippen LogP) is 5.24. The van der Waals surface area contributed by atoms with Crippen LogP contribution in [0.4, 0.5) is 0 Å². The van der Waals surface area contributed by atoms with Gasteiger partial charge in [-0.25, -0.2) is 0 Å². The van der Waals surface area contributed by atoms with Gasteiger partial charge in [0.15, 0.2) is 0 Å². The van der Waals surface area contributed by atoms with Crippen LogP contribution in [0.25, 0.3) is 0 Å². The summed E-state index contributed by atoms with van der Waals surface area (Å²) in [4.78, 5) is 0. The van der Waals surface area contributed by atoms with Crippen LogP contribution >= 0.6 is 0 Å². The second kappa shape index (κ2) is 4.77. The van der Waals surface area contributed by atoms with Crippen molar-refractivity contribution < 1.29 is 5.11 Å². The molecule has 1 N–H and O–H groups in total. The minimum Gasteiger partial charge on any atom is -0.390 e. The topological polar surface area (TPSA) is 20.2 Å². The van der Waals surface area contributed by atoms with Crippen molar-refractivity contribution in [2.24, 2.45) is 0 Å². The van der Waals surface area contributed by atoms with E-state index in [-0.39, 0.29) is 11.8 Å². The lowest BCUT2D eigenvalue weighted by Gasteiger charge is -2.49. The van der Waals surface area contributed by atoms with Crippen molar-refractivity contribution in [1.29, 1.82) is 0 Å². The van der Waals surface area contributed by atoms with E-state index in [0.717, 1.165) is 0 Å². The second-order valence-electron chi connectivity index (χ2n) is 9.32. The Morgan fingerprint density at radius 2 is 0.700 bits per heavy atom. The molecule has 0 radical (unpaired) electrons. The molecular formula is C29H20O. The molecule has 4 aromatic carbocycles. The molecule has 30 heavy (non-hydrogen) atoms. The van der Waals surface area contributed by atoms with Crippen LogP contribution in [0.2, 0.25) is 0 Å². The fourth-order valence-electron chi connectivity index (χ4n) is 7.75. The summed E-state index contributed by atoms with van der Waals surface area (Å²) in [5.74, 6) is 0.521. The molecule has 7 aliphatic carbocycles. The molecule has 4 aromatic rings. The summed E-state index contributed by atoms with van der Waals surface area (Å²) in [6.07, 6.45) is -0.477. The van der Waals surface area contributed by atoms with E-state index in [1.165, 1.54) is 44.5 Å². The van der Waals surface area contributed by atoms with Crippen molar-refractivity contribution in [3.63, 3.8) is 0 Å². The Balaban J connectivity index is 1.67. The maximum Gasteiger partial charge on any atom is 0.0840 e. The third-order valence-electron chi connectivity index (χ3n) is 8.58. The Kier molecular flexibility index (Phi) is 2.49. The van der Waals surface area contributed by atoms with E-state index in [9.17, 15) is 5.11 Å². The zero-order chi connectivity index (χ0) is 19.7. The molecule has 0 aliphatic heterocycles. The van der Waals surface area contributed by atoms with E-state index in [2.05, 4.69) is 97.1 Å². The average molecular weight is 384 g/mol. The number of aliphatic hydroxyl groups excluding tert-OH is 1. The summed E-state index contributed by atoms with van der Waals surface area (Å²) in [6, 6.07) is 35.6. The van der Waals surface area contributed by atoms with Crippen LogP contribution in [0, 0.1) is 0 Å². The van der Waals surface area contributed by atoms with Crippen molar-refractivity contribution in [1.82, 2.24) is 0 Å². The Labute approximate surface area is 175 Å². The number of benzene rings is 4. The largest absolute Gasteiger partial charge is 0.390 e. The second-order valence-corrected chi connectivity index (χ2v) is 9.32. The van der Waals surface area contributed by atoms with Gasteiger partial charge < -0.3 is 5.11 Å². The number of hydrogen-bond donors (Lipinski definition) is 1. The van der Waals surface area contributed by atoms with E-state index >= 15 is 0 Å². The Hall–Kier alpha value is -3.16. The Bertz CT molecular complexity index is 1190. The van der Waals surface area contributed by atoms with Crippen molar-refractivity contribution in [3.05, 3.63) is 142 Å². The van der Waals surface area contributed by atoms with Crippen LogP contribution in [0.15, 0.2) is 97.1 Å². The highest BCUT2D eigenvalue weighted by Gasteiger charge is 2.83. The lowest BCUT2D eigenvalue weighted by atomic mass is 9.53. The standard InChI is InChI=1S/C29H20O/c30-27-28-21-13-5-1-9-17(21)25(18-10-2-6-14-22(18)28)26-19-11-3-7-15-23(19)29(27,28)24-16-8-4-12-20(24)26/h1-16,25-27,30H. The molecule has 7 aliphatic rings. The van der Waals surface area contributed by atoms with E-state index in [0.29, 0.717) is 0 Å². The molecule has 1 nitrogen and oxygen atoms in total. The highest BCUT2D eigenvalue weighted by atomic mass is 16.3. The monoisotopic (exact) mass is 384 g/mol. The van der Waals surface area contributed by atoms with Gasteiger partial charge in [0.1, 0.15) is 0 Å². The van der Waals surface area contributed by atoms with Crippen LogP contribution < -0.4 is 0 Å². The van der Waals surface area contributed by atoms with Gasteiger partial charge in [-0.15, -0.1) is 0 Å². The molecule has 1 heteroatoms. The van der Waals surface area contributed by atoms with Gasteiger partial charge in [-0.3, -0.25) is 0 Å². The smallest absolute Gasteiger partial charge is 0.0840 e. The molecule has 0 saturated heterocycles. The molecule has 142 valence electrons. The fourth-order valence-corrected chi connectivity index (χ4v) is 7.75. The van der Waals surface area contributed by atoms with Crippen molar-refractivity contribution >= 4 is 0 Å². The van der Waals surface area contributed by atoms with Crippen LogP contribution in [-0.4, -0.2) is 11.2 Å². The summed E-state index contributed by atoms with van der Waals surface area (Å²) >= 11 is 0.